The smallest absolute Gasteiger partial charge is 0.0237 e. The first-order chi connectivity index (χ1) is 3.31. The fourth-order valence-corrected chi connectivity index (χ4v) is 0.287. The van der Waals surface area contributed by atoms with Crippen LogP contribution in [0.3, 0.4) is 0 Å². The Balaban J connectivity index is 3.29. The summed E-state index contributed by atoms with van der Waals surface area (Å²) in [5.74, 6) is 0. The number of rotatable bonds is 2. The van der Waals surface area contributed by atoms with Gasteiger partial charge in [-0.25, -0.2) is 0 Å². The Bertz CT molecular complexity index is 66.5. The zero-order valence-electron chi connectivity index (χ0n) is 4.86. The molecule has 0 spiro atoms. The van der Waals surface area contributed by atoms with Gasteiger partial charge in [0.05, 0.1) is 0 Å². The van der Waals surface area contributed by atoms with Gasteiger partial charge in [-0.3, -0.25) is 0 Å². The molecule has 0 aromatic heterocycles. The quantitative estimate of drug-likeness (QED) is 0.527. The summed E-state index contributed by atoms with van der Waals surface area (Å²) in [5.41, 5.74) is 6.27. The van der Waals surface area contributed by atoms with Crippen LogP contribution in [0.15, 0.2) is 11.9 Å². The lowest BCUT2D eigenvalue weighted by Gasteiger charge is -1.91. The average Bonchev–Trinajstić information content (AvgIpc) is 1.68. The Morgan fingerprint density at radius 3 is 2.57 bits per heavy atom. The second kappa shape index (κ2) is 3.53. The molecule has 0 atom stereocenters. The Morgan fingerprint density at radius 1 is 1.86 bits per heavy atom. The maximum absolute atomic E-state index is 5.38. The minimum Gasteiger partial charge on any atom is -0.401 e. The van der Waals surface area contributed by atoms with Gasteiger partial charge in [0.2, 0.25) is 0 Å². The van der Waals surface area contributed by atoms with Gasteiger partial charge in [0.15, 0.2) is 0 Å². The lowest BCUT2D eigenvalue weighted by atomic mass is 10.4. The minimum absolute atomic E-state index is 0.891. The van der Waals surface area contributed by atoms with Gasteiger partial charge in [-0.2, -0.15) is 0 Å². The SMILES string of the molecule is CCC(N)=CNC. The number of hydrogen-bond donors (Lipinski definition) is 2. The number of nitrogens with one attached hydrogen (secondary N) is 1. The van der Waals surface area contributed by atoms with Gasteiger partial charge >= 0.3 is 0 Å². The standard InChI is InChI=1S/C5H12N2/c1-3-5(6)4-7-2/h4,7H,3,6H2,1-2H3. The van der Waals surface area contributed by atoms with E-state index < -0.39 is 0 Å². The third kappa shape index (κ3) is 3.16. The molecule has 0 saturated heterocycles. The highest BCUT2D eigenvalue weighted by Gasteiger charge is 1.76. The zero-order valence-corrected chi connectivity index (χ0v) is 4.86. The number of nitrogens with two attached hydrogens (primary N) is 1. The Morgan fingerprint density at radius 2 is 2.43 bits per heavy atom. The first-order valence-electron chi connectivity index (χ1n) is 2.43. The molecule has 0 saturated carbocycles. The summed E-state index contributed by atoms with van der Waals surface area (Å²) in [6, 6.07) is 0. The van der Waals surface area contributed by atoms with Crippen LogP contribution in [0.1, 0.15) is 13.3 Å². The third-order valence-corrected chi connectivity index (χ3v) is 0.738. The van der Waals surface area contributed by atoms with Crippen LogP contribution in [-0.2, 0) is 0 Å². The molecule has 0 rings (SSSR count). The van der Waals surface area contributed by atoms with Crippen molar-refractivity contribution in [3.8, 4) is 0 Å². The second-order valence-corrected chi connectivity index (χ2v) is 1.36. The molecule has 0 bridgehead atoms. The van der Waals surface area contributed by atoms with Crippen LogP contribution in [0.4, 0.5) is 0 Å². The first-order valence-corrected chi connectivity index (χ1v) is 2.43. The summed E-state index contributed by atoms with van der Waals surface area (Å²) in [6.07, 6.45) is 2.71. The lowest BCUT2D eigenvalue weighted by molar-refractivity contribution is 0.992. The number of allylic oxidation sites excluding steroid dienone is 1. The summed E-state index contributed by atoms with van der Waals surface area (Å²) in [5, 5.41) is 2.83. The molecule has 42 valence electrons. The molecule has 0 aromatic carbocycles. The van der Waals surface area contributed by atoms with Gasteiger partial charge in [0, 0.05) is 18.9 Å². The van der Waals surface area contributed by atoms with Gasteiger partial charge in [-0.05, 0) is 6.42 Å². The van der Waals surface area contributed by atoms with Crippen LogP contribution in [0.2, 0.25) is 0 Å². The molecular formula is C5H12N2. The van der Waals surface area contributed by atoms with E-state index >= 15 is 0 Å². The van der Waals surface area contributed by atoms with Crippen molar-refractivity contribution >= 4 is 0 Å². The molecule has 0 unspecified atom stereocenters. The highest BCUT2D eigenvalue weighted by Crippen LogP contribution is 1.84. The molecule has 0 amide bonds. The minimum atomic E-state index is 0.891. The summed E-state index contributed by atoms with van der Waals surface area (Å²) < 4.78 is 0. The topological polar surface area (TPSA) is 38.0 Å². The van der Waals surface area contributed by atoms with Crippen LogP contribution in [0.5, 0.6) is 0 Å². The van der Waals surface area contributed by atoms with E-state index in [-0.39, 0.29) is 0 Å². The third-order valence-electron chi connectivity index (χ3n) is 0.738. The summed E-state index contributed by atoms with van der Waals surface area (Å²) in [6.45, 7) is 2.02. The second-order valence-electron chi connectivity index (χ2n) is 1.36. The van der Waals surface area contributed by atoms with Gasteiger partial charge < -0.3 is 11.1 Å². The largest absolute Gasteiger partial charge is 0.401 e. The molecule has 0 aliphatic rings. The van der Waals surface area contributed by atoms with Crippen molar-refractivity contribution in [1.29, 1.82) is 0 Å². The molecule has 7 heavy (non-hydrogen) atoms. The monoisotopic (exact) mass is 100 g/mol. The van der Waals surface area contributed by atoms with Crippen molar-refractivity contribution in [2.24, 2.45) is 5.73 Å². The summed E-state index contributed by atoms with van der Waals surface area (Å²) in [7, 11) is 1.84. The molecule has 0 heterocycles. The van der Waals surface area contributed by atoms with E-state index in [0.717, 1.165) is 12.1 Å². The van der Waals surface area contributed by atoms with Gasteiger partial charge in [0.1, 0.15) is 0 Å². The highest BCUT2D eigenvalue weighted by molar-refractivity contribution is 4.91. The fourth-order valence-electron chi connectivity index (χ4n) is 0.287. The Hall–Kier alpha value is -0.660. The average molecular weight is 100 g/mol. The van der Waals surface area contributed by atoms with Crippen LogP contribution < -0.4 is 11.1 Å². The molecule has 0 aliphatic carbocycles. The van der Waals surface area contributed by atoms with E-state index in [9.17, 15) is 0 Å². The van der Waals surface area contributed by atoms with E-state index in [1.54, 1.807) is 6.20 Å². The molecular weight excluding hydrogens is 88.1 g/mol. The maximum atomic E-state index is 5.38. The van der Waals surface area contributed by atoms with Crippen molar-refractivity contribution in [2.45, 2.75) is 13.3 Å². The predicted octanol–water partition coefficient (Wildman–Crippen LogP) is 0.416. The van der Waals surface area contributed by atoms with Crippen molar-refractivity contribution in [3.63, 3.8) is 0 Å². The summed E-state index contributed by atoms with van der Waals surface area (Å²) in [4.78, 5) is 0. The van der Waals surface area contributed by atoms with Crippen molar-refractivity contribution in [2.75, 3.05) is 7.05 Å². The van der Waals surface area contributed by atoms with Gasteiger partial charge in [-0.15, -0.1) is 0 Å². The van der Waals surface area contributed by atoms with Crippen molar-refractivity contribution < 1.29 is 0 Å². The normalized spacial score (nSPS) is 11.4. The van der Waals surface area contributed by atoms with Crippen LogP contribution in [0, 0.1) is 0 Å². The van der Waals surface area contributed by atoms with E-state index in [2.05, 4.69) is 5.32 Å². The fraction of sp³-hybridized carbons (Fsp3) is 0.600. The summed E-state index contributed by atoms with van der Waals surface area (Å²) >= 11 is 0. The van der Waals surface area contributed by atoms with E-state index in [4.69, 9.17) is 5.73 Å². The van der Waals surface area contributed by atoms with E-state index in [1.165, 1.54) is 0 Å². The number of hydrogen-bond acceptors (Lipinski definition) is 2. The van der Waals surface area contributed by atoms with Crippen LogP contribution >= 0.6 is 0 Å². The first kappa shape index (κ1) is 6.34. The Kier molecular flexibility index (Phi) is 3.19. The van der Waals surface area contributed by atoms with E-state index in [1.807, 2.05) is 14.0 Å². The molecule has 2 heteroatoms. The molecule has 0 aliphatic heterocycles. The van der Waals surface area contributed by atoms with Crippen molar-refractivity contribution in [1.82, 2.24) is 5.32 Å². The van der Waals surface area contributed by atoms with Gasteiger partial charge in [0.25, 0.3) is 0 Å². The van der Waals surface area contributed by atoms with Gasteiger partial charge in [-0.1, -0.05) is 6.92 Å². The maximum Gasteiger partial charge on any atom is 0.0237 e. The molecule has 2 nitrogen and oxygen atoms in total. The molecule has 0 fully saturated rings. The molecule has 3 N–H and O–H groups in total. The lowest BCUT2D eigenvalue weighted by Crippen LogP contribution is -2.02. The van der Waals surface area contributed by atoms with Crippen LogP contribution in [-0.4, -0.2) is 7.05 Å². The van der Waals surface area contributed by atoms with Crippen LogP contribution in [0.25, 0.3) is 0 Å². The molecule has 0 aromatic rings. The highest BCUT2D eigenvalue weighted by atomic mass is 14.8. The molecule has 0 radical (unpaired) electrons. The Labute approximate surface area is 44.4 Å². The van der Waals surface area contributed by atoms with E-state index in [0.29, 0.717) is 0 Å². The van der Waals surface area contributed by atoms with Crippen molar-refractivity contribution in [3.05, 3.63) is 11.9 Å². The zero-order chi connectivity index (χ0) is 5.70. The predicted molar refractivity (Wildman–Crippen MR) is 31.6 cm³/mol.